The lowest BCUT2D eigenvalue weighted by Gasteiger charge is -2.08. The van der Waals surface area contributed by atoms with Gasteiger partial charge < -0.3 is 5.32 Å². The molecule has 2 rings (SSSR count). The number of carbonyl (C=O) groups is 1. The van der Waals surface area contributed by atoms with Gasteiger partial charge in [0.1, 0.15) is 11.6 Å². The third-order valence-electron chi connectivity index (χ3n) is 3.07. The molecule has 0 spiro atoms. The quantitative estimate of drug-likeness (QED) is 0.556. The zero-order valence-corrected chi connectivity index (χ0v) is 13.9. The first kappa shape index (κ1) is 18.8. The summed E-state index contributed by atoms with van der Waals surface area (Å²) in [6, 6.07) is 10.3. The Labute approximate surface area is 151 Å². The zero-order valence-electron chi connectivity index (χ0n) is 12.4. The summed E-state index contributed by atoms with van der Waals surface area (Å²) in [7, 11) is 0. The van der Waals surface area contributed by atoms with Gasteiger partial charge in [0, 0.05) is 5.02 Å². The minimum Gasteiger partial charge on any atom is -0.320 e. The van der Waals surface area contributed by atoms with E-state index in [-0.39, 0.29) is 21.8 Å². The van der Waals surface area contributed by atoms with E-state index < -0.39 is 17.6 Å². The van der Waals surface area contributed by atoms with Crippen molar-refractivity contribution in [1.29, 1.82) is 5.26 Å². The van der Waals surface area contributed by atoms with Gasteiger partial charge in [-0.05, 0) is 42.0 Å². The molecule has 2 aromatic carbocycles. The molecule has 3 nitrogen and oxygen atoms in total. The number of carbonyl (C=O) groups excluding carboxylic acids is 1. The van der Waals surface area contributed by atoms with Crippen LogP contribution in [0.2, 0.25) is 10.0 Å². The largest absolute Gasteiger partial charge is 0.416 e. The van der Waals surface area contributed by atoms with Crippen molar-refractivity contribution >= 4 is 40.9 Å². The van der Waals surface area contributed by atoms with Gasteiger partial charge in [-0.15, -0.1) is 0 Å². The van der Waals surface area contributed by atoms with Gasteiger partial charge in [0.25, 0.3) is 5.91 Å². The molecule has 8 heteroatoms. The predicted octanol–water partition coefficient (Wildman–Crippen LogP) is 5.56. The van der Waals surface area contributed by atoms with E-state index in [2.05, 4.69) is 5.32 Å². The highest BCUT2D eigenvalue weighted by Gasteiger charge is 2.30. The van der Waals surface area contributed by atoms with E-state index in [9.17, 15) is 18.0 Å². The van der Waals surface area contributed by atoms with Crippen LogP contribution in [0.15, 0.2) is 48.0 Å². The van der Waals surface area contributed by atoms with Crippen LogP contribution in [0, 0.1) is 11.3 Å². The van der Waals surface area contributed by atoms with E-state index in [0.717, 1.165) is 18.2 Å². The van der Waals surface area contributed by atoms with Crippen LogP contribution in [0.1, 0.15) is 11.1 Å². The first-order valence-corrected chi connectivity index (χ1v) is 7.52. The van der Waals surface area contributed by atoms with Crippen molar-refractivity contribution < 1.29 is 18.0 Å². The first-order chi connectivity index (χ1) is 11.7. The number of nitrogens with zero attached hydrogens (tertiary/aromatic N) is 1. The number of anilines is 1. The van der Waals surface area contributed by atoms with Crippen molar-refractivity contribution in [1.82, 2.24) is 0 Å². The third kappa shape index (κ3) is 4.99. The number of amides is 1. The maximum atomic E-state index is 12.7. The second kappa shape index (κ2) is 7.60. The van der Waals surface area contributed by atoms with Gasteiger partial charge in [-0.1, -0.05) is 35.3 Å². The third-order valence-corrected chi connectivity index (χ3v) is 3.63. The molecule has 0 bridgehead atoms. The number of benzene rings is 2. The van der Waals surface area contributed by atoms with Crippen LogP contribution in [0.25, 0.3) is 6.08 Å². The highest BCUT2D eigenvalue weighted by Crippen LogP contribution is 2.30. The average molecular weight is 385 g/mol. The molecule has 0 saturated carbocycles. The topological polar surface area (TPSA) is 52.9 Å². The van der Waals surface area contributed by atoms with Crippen molar-refractivity contribution in [3.8, 4) is 6.07 Å². The summed E-state index contributed by atoms with van der Waals surface area (Å²) in [4.78, 5) is 12.2. The van der Waals surface area contributed by atoms with Crippen LogP contribution < -0.4 is 5.32 Å². The molecule has 0 aliphatic heterocycles. The minimum absolute atomic E-state index is 0.0683. The number of halogens is 5. The van der Waals surface area contributed by atoms with Gasteiger partial charge in [0.2, 0.25) is 0 Å². The SMILES string of the molecule is N#C/C(=C\c1cccc(C(F)(F)F)c1)C(=O)Nc1cc(Cl)ccc1Cl. The minimum atomic E-state index is -4.52. The van der Waals surface area contributed by atoms with E-state index >= 15 is 0 Å². The van der Waals surface area contributed by atoms with Crippen molar-refractivity contribution in [3.63, 3.8) is 0 Å². The monoisotopic (exact) mass is 384 g/mol. The Kier molecular flexibility index (Phi) is 5.73. The molecule has 1 amide bonds. The van der Waals surface area contributed by atoms with Crippen LogP contribution in [0.5, 0.6) is 0 Å². The van der Waals surface area contributed by atoms with E-state index in [1.54, 1.807) is 6.07 Å². The summed E-state index contributed by atoms with van der Waals surface area (Å²) < 4.78 is 38.2. The van der Waals surface area contributed by atoms with Crippen LogP contribution in [0.4, 0.5) is 18.9 Å². The number of rotatable bonds is 3. The van der Waals surface area contributed by atoms with Crippen molar-refractivity contribution in [2.45, 2.75) is 6.18 Å². The number of nitrogens with one attached hydrogen (secondary N) is 1. The zero-order chi connectivity index (χ0) is 18.6. The normalized spacial score (nSPS) is 11.8. The Morgan fingerprint density at radius 3 is 2.52 bits per heavy atom. The predicted molar refractivity (Wildman–Crippen MR) is 90.1 cm³/mol. The number of hydrogen-bond acceptors (Lipinski definition) is 2. The fourth-order valence-electron chi connectivity index (χ4n) is 1.90. The molecule has 25 heavy (non-hydrogen) atoms. The van der Waals surface area contributed by atoms with E-state index in [1.807, 2.05) is 0 Å². The van der Waals surface area contributed by atoms with E-state index in [4.69, 9.17) is 28.5 Å². The molecule has 0 unspecified atom stereocenters. The van der Waals surface area contributed by atoms with Crippen molar-refractivity contribution in [2.75, 3.05) is 5.32 Å². The lowest BCUT2D eigenvalue weighted by atomic mass is 10.1. The maximum Gasteiger partial charge on any atom is 0.416 e. The molecule has 2 aromatic rings. The molecule has 0 radical (unpaired) electrons. The fraction of sp³-hybridized carbons (Fsp3) is 0.0588. The van der Waals surface area contributed by atoms with Crippen molar-refractivity contribution in [2.24, 2.45) is 0 Å². The smallest absolute Gasteiger partial charge is 0.320 e. The summed E-state index contributed by atoms with van der Waals surface area (Å²) in [5.41, 5.74) is -1.00. The highest BCUT2D eigenvalue weighted by atomic mass is 35.5. The molecule has 0 aliphatic rings. The maximum absolute atomic E-state index is 12.7. The number of hydrogen-bond donors (Lipinski definition) is 1. The van der Waals surface area contributed by atoms with Gasteiger partial charge in [-0.25, -0.2) is 0 Å². The Balaban J connectivity index is 2.30. The molecule has 0 fully saturated rings. The van der Waals surface area contributed by atoms with Crippen molar-refractivity contribution in [3.05, 3.63) is 69.2 Å². The van der Waals surface area contributed by atoms with Gasteiger partial charge in [0.15, 0.2) is 0 Å². The highest BCUT2D eigenvalue weighted by molar-refractivity contribution is 6.36. The molecule has 128 valence electrons. The standard InChI is InChI=1S/C17H9Cl2F3N2O/c18-13-4-5-14(19)15(8-13)24-16(25)11(9-23)6-10-2-1-3-12(7-10)17(20,21)22/h1-8H,(H,24,25)/b11-6+. The average Bonchev–Trinajstić information content (AvgIpc) is 2.55. The molecule has 0 saturated heterocycles. The molecule has 0 aliphatic carbocycles. The Morgan fingerprint density at radius 1 is 1.16 bits per heavy atom. The van der Waals surface area contributed by atoms with Crippen LogP contribution in [0.3, 0.4) is 0 Å². The van der Waals surface area contributed by atoms with Gasteiger partial charge in [-0.3, -0.25) is 4.79 Å². The number of nitriles is 1. The van der Waals surface area contributed by atoms with Crippen LogP contribution in [-0.2, 0) is 11.0 Å². The Morgan fingerprint density at radius 2 is 1.88 bits per heavy atom. The molecular formula is C17H9Cl2F3N2O. The molecule has 0 atom stereocenters. The number of alkyl halides is 3. The van der Waals surface area contributed by atoms with Gasteiger partial charge >= 0.3 is 6.18 Å². The molecule has 0 heterocycles. The summed E-state index contributed by atoms with van der Waals surface area (Å²) in [6.07, 6.45) is -3.46. The first-order valence-electron chi connectivity index (χ1n) is 6.76. The lowest BCUT2D eigenvalue weighted by Crippen LogP contribution is -2.13. The van der Waals surface area contributed by atoms with Crippen LogP contribution in [-0.4, -0.2) is 5.91 Å². The Hall–Kier alpha value is -2.49. The second-order valence-electron chi connectivity index (χ2n) is 4.87. The molecule has 1 N–H and O–H groups in total. The van der Waals surface area contributed by atoms with E-state index in [0.29, 0.717) is 5.02 Å². The second-order valence-corrected chi connectivity index (χ2v) is 5.71. The molecule has 0 aromatic heterocycles. The van der Waals surface area contributed by atoms with Crippen LogP contribution >= 0.6 is 23.2 Å². The summed E-state index contributed by atoms with van der Waals surface area (Å²) in [5, 5.41) is 12.0. The molecular weight excluding hydrogens is 376 g/mol. The van der Waals surface area contributed by atoms with E-state index in [1.165, 1.54) is 30.3 Å². The summed E-state index contributed by atoms with van der Waals surface area (Å²) in [6.45, 7) is 0. The van der Waals surface area contributed by atoms with Gasteiger partial charge in [0.05, 0.1) is 16.3 Å². The fourth-order valence-corrected chi connectivity index (χ4v) is 2.24. The lowest BCUT2D eigenvalue weighted by molar-refractivity contribution is -0.137. The van der Waals surface area contributed by atoms with Gasteiger partial charge in [-0.2, -0.15) is 18.4 Å². The summed E-state index contributed by atoms with van der Waals surface area (Å²) >= 11 is 11.7. The summed E-state index contributed by atoms with van der Waals surface area (Å²) in [5.74, 6) is -0.816. The Bertz CT molecular complexity index is 886.